The van der Waals surface area contributed by atoms with E-state index in [9.17, 15) is 5.26 Å². The van der Waals surface area contributed by atoms with Gasteiger partial charge in [0.1, 0.15) is 23.0 Å². The van der Waals surface area contributed by atoms with Gasteiger partial charge in [0.25, 0.3) is 5.70 Å². The summed E-state index contributed by atoms with van der Waals surface area (Å²) in [6.45, 7) is 17.0. The van der Waals surface area contributed by atoms with Crippen LogP contribution in [0.25, 0.3) is 4.85 Å². The van der Waals surface area contributed by atoms with E-state index in [4.69, 9.17) is 20.8 Å². The van der Waals surface area contributed by atoms with Crippen LogP contribution in [0.15, 0.2) is 254 Å². The Morgan fingerprint density at radius 3 is 1.04 bits per heavy atom. The number of nitriles is 1. The summed E-state index contributed by atoms with van der Waals surface area (Å²) >= 11 is 0. The molecule has 0 radical (unpaired) electrons. The number of anilines is 4. The summed E-state index contributed by atoms with van der Waals surface area (Å²) in [6, 6.07) is 74.9. The summed E-state index contributed by atoms with van der Waals surface area (Å²) < 4.78 is 19.6. The van der Waals surface area contributed by atoms with E-state index in [2.05, 4.69) is 136 Å². The Balaban J connectivity index is 1.16. The number of nitrogens with zero attached hydrogens (tertiary/aromatic N) is 4. The van der Waals surface area contributed by atoms with Crippen LogP contribution in [0.5, 0.6) is 23.0 Å². The Morgan fingerprint density at radius 2 is 0.725 bits per heavy atom. The molecule has 8 aromatic rings. The van der Waals surface area contributed by atoms with Crippen LogP contribution in [0.4, 0.5) is 22.7 Å². The molecule has 1 aliphatic heterocycles. The largest absolute Gasteiger partial charge is 0.457 e. The van der Waals surface area contributed by atoms with Crippen molar-refractivity contribution in [1.29, 1.82) is 5.26 Å². The number of benzene rings is 8. The monoisotopic (exact) mass is 898 g/mol. The molecule has 0 spiro atoms. The molecule has 8 aromatic carbocycles. The molecule has 0 aliphatic carbocycles. The van der Waals surface area contributed by atoms with E-state index in [0.29, 0.717) is 28.8 Å². The van der Waals surface area contributed by atoms with E-state index in [-0.39, 0.29) is 16.5 Å². The fourth-order valence-electron chi connectivity index (χ4n) is 8.47. The number of hydrogen-bond donors (Lipinski definition) is 0. The van der Waals surface area contributed by atoms with E-state index >= 15 is 0 Å². The molecule has 0 fully saturated rings. The molecular formula is C62H50N4O3. The average molecular weight is 899 g/mol. The third kappa shape index (κ3) is 9.91. The first-order chi connectivity index (χ1) is 33.6. The molecule has 0 bridgehead atoms. The van der Waals surface area contributed by atoms with Crippen LogP contribution in [0.2, 0.25) is 0 Å². The second kappa shape index (κ2) is 19.8. The third-order valence-corrected chi connectivity index (χ3v) is 12.5. The van der Waals surface area contributed by atoms with E-state index in [1.165, 1.54) is 11.1 Å². The highest BCUT2D eigenvalue weighted by Gasteiger charge is 2.30. The second-order valence-electron chi connectivity index (χ2n) is 17.7. The Labute approximate surface area is 405 Å². The van der Waals surface area contributed by atoms with Gasteiger partial charge in [-0.2, -0.15) is 0 Å². The predicted octanol–water partition coefficient (Wildman–Crippen LogP) is 16.3. The lowest BCUT2D eigenvalue weighted by molar-refractivity contribution is 0.289. The molecular weight excluding hydrogens is 849 g/mol. The summed E-state index contributed by atoms with van der Waals surface area (Å²) in [5, 5.41) is 10.4. The Bertz CT molecular complexity index is 2990. The lowest BCUT2D eigenvalue weighted by Gasteiger charge is -2.35. The smallest absolute Gasteiger partial charge is 0.269 e. The van der Waals surface area contributed by atoms with Gasteiger partial charge in [0.15, 0.2) is 0 Å². The van der Waals surface area contributed by atoms with Crippen LogP contribution >= 0.6 is 0 Å². The molecule has 69 heavy (non-hydrogen) atoms. The van der Waals surface area contributed by atoms with E-state index < -0.39 is 0 Å². The van der Waals surface area contributed by atoms with Crippen LogP contribution in [0.1, 0.15) is 49.9 Å². The summed E-state index contributed by atoms with van der Waals surface area (Å²) in [5.74, 6) is 3.52. The van der Waals surface area contributed by atoms with Crippen LogP contribution in [-0.2, 0) is 15.6 Å². The summed E-state index contributed by atoms with van der Waals surface area (Å²) in [5.41, 5.74) is 7.56. The highest BCUT2D eigenvalue weighted by atomic mass is 16.5. The Morgan fingerprint density at radius 1 is 0.435 bits per heavy atom. The lowest BCUT2D eigenvalue weighted by Crippen LogP contribution is -2.27. The van der Waals surface area contributed by atoms with Crippen molar-refractivity contribution in [3.8, 4) is 29.1 Å². The van der Waals surface area contributed by atoms with Gasteiger partial charge in [0.05, 0.1) is 12.6 Å². The molecule has 0 atom stereocenters. The molecule has 7 nitrogen and oxygen atoms in total. The molecule has 336 valence electrons. The Hall–Kier alpha value is -9.04. The zero-order chi connectivity index (χ0) is 47.8. The first-order valence-electron chi connectivity index (χ1n) is 22.8. The van der Waals surface area contributed by atoms with Gasteiger partial charge in [-0.3, -0.25) is 9.80 Å². The van der Waals surface area contributed by atoms with E-state index in [0.717, 1.165) is 45.4 Å². The quantitative estimate of drug-likeness (QED) is 0.0800. The van der Waals surface area contributed by atoms with Gasteiger partial charge in [-0.1, -0.05) is 149 Å². The molecule has 0 amide bonds. The summed E-state index contributed by atoms with van der Waals surface area (Å²) in [4.78, 5) is 7.70. The van der Waals surface area contributed by atoms with Gasteiger partial charge < -0.3 is 14.2 Å². The molecule has 9 rings (SSSR count). The molecule has 0 saturated heterocycles. The first-order valence-corrected chi connectivity index (χ1v) is 22.8. The van der Waals surface area contributed by atoms with Crippen molar-refractivity contribution < 1.29 is 14.2 Å². The maximum Gasteiger partial charge on any atom is 0.269 e. The number of allylic oxidation sites excluding steroid dienone is 4. The molecule has 0 saturated carbocycles. The van der Waals surface area contributed by atoms with Crippen molar-refractivity contribution in [3.63, 3.8) is 0 Å². The van der Waals surface area contributed by atoms with Crippen molar-refractivity contribution in [2.75, 3.05) is 9.80 Å². The molecule has 7 heteroatoms. The first kappa shape index (κ1) is 45.1. The summed E-state index contributed by atoms with van der Waals surface area (Å²) in [6.07, 6.45) is 3.52. The van der Waals surface area contributed by atoms with Gasteiger partial charge in [-0.25, -0.2) is 10.1 Å². The van der Waals surface area contributed by atoms with E-state index in [1.807, 2.05) is 131 Å². The van der Waals surface area contributed by atoms with Gasteiger partial charge in [-0.05, 0) is 131 Å². The van der Waals surface area contributed by atoms with Gasteiger partial charge >= 0.3 is 0 Å². The maximum atomic E-state index is 10.4. The minimum Gasteiger partial charge on any atom is -0.457 e. The molecule has 1 heterocycles. The van der Waals surface area contributed by atoms with Crippen LogP contribution in [0.3, 0.4) is 0 Å². The van der Waals surface area contributed by atoms with Crippen LogP contribution < -0.4 is 19.3 Å². The topological polar surface area (TPSA) is 62.3 Å². The molecule has 0 unspecified atom stereocenters. The van der Waals surface area contributed by atoms with Crippen molar-refractivity contribution in [2.45, 2.75) is 38.5 Å². The standard InChI is InChI=1S/C62H50N4O3/c1-61(2,46-18-10-6-11-19-46)48-26-30-50(31-27-48)65(52-34-38-56(39-35-52)67-54-22-14-8-15-23-54)59-42-45(58(44-63)64-5)43-60(69-59)66(53-36-40-57(41-37-53)68-55-24-16-9-17-25-55)51-32-28-49(29-33-51)62(3,4)47-20-12-7-13-21-47/h6-43H,1-4H3. The number of para-hydroxylation sites is 2. The molecule has 0 N–H and O–H groups in total. The Kier molecular flexibility index (Phi) is 13.0. The predicted molar refractivity (Wildman–Crippen MR) is 277 cm³/mol. The number of ether oxygens (including phenoxy) is 3. The lowest BCUT2D eigenvalue weighted by atomic mass is 9.78. The van der Waals surface area contributed by atoms with Crippen molar-refractivity contribution in [1.82, 2.24) is 0 Å². The van der Waals surface area contributed by atoms with Gasteiger partial charge in [0, 0.05) is 39.2 Å². The molecule has 0 aromatic heterocycles. The van der Waals surface area contributed by atoms with Gasteiger partial charge in [0.2, 0.25) is 11.8 Å². The summed E-state index contributed by atoms with van der Waals surface area (Å²) in [7, 11) is 0. The van der Waals surface area contributed by atoms with Crippen molar-refractivity contribution in [2.24, 2.45) is 0 Å². The second-order valence-corrected chi connectivity index (χ2v) is 17.7. The fraction of sp³-hybridized carbons (Fsp3) is 0.0968. The minimum atomic E-state index is -0.279. The van der Waals surface area contributed by atoms with Crippen molar-refractivity contribution >= 4 is 22.7 Å². The maximum absolute atomic E-state index is 10.4. The van der Waals surface area contributed by atoms with Crippen LogP contribution in [0, 0.1) is 17.9 Å². The third-order valence-electron chi connectivity index (χ3n) is 12.5. The highest BCUT2D eigenvalue weighted by molar-refractivity contribution is 5.74. The minimum absolute atomic E-state index is 0.0775. The number of rotatable bonds is 14. The van der Waals surface area contributed by atoms with E-state index in [1.54, 1.807) is 12.2 Å². The zero-order valence-electron chi connectivity index (χ0n) is 39.0. The normalized spacial score (nSPS) is 12.3. The SMILES string of the molecule is [C-]#[N+]C(C#N)=C1C=C(N(c2ccc(Oc3ccccc3)cc2)c2ccc(C(C)(C)c3ccccc3)cc2)OC(N(c2ccc(Oc3ccccc3)cc2)c2ccc(C(C)(C)c3ccccc3)cc2)=C1. The fourth-order valence-corrected chi connectivity index (χ4v) is 8.47. The average Bonchev–Trinajstić information content (AvgIpc) is 3.39. The van der Waals surface area contributed by atoms with Gasteiger partial charge in [-0.15, -0.1) is 0 Å². The number of hydrogen-bond acceptors (Lipinski definition) is 6. The zero-order valence-corrected chi connectivity index (χ0v) is 39.0. The van der Waals surface area contributed by atoms with Crippen LogP contribution in [-0.4, -0.2) is 0 Å². The highest BCUT2D eigenvalue weighted by Crippen LogP contribution is 2.42. The van der Waals surface area contributed by atoms with Crippen molar-refractivity contribution in [3.05, 3.63) is 287 Å². The molecule has 1 aliphatic rings.